The van der Waals surface area contributed by atoms with Gasteiger partial charge in [-0.1, -0.05) is 50.6 Å². The molecule has 2 N–H and O–H groups in total. The lowest BCUT2D eigenvalue weighted by atomic mass is 9.99. The Bertz CT molecular complexity index is 815. The number of oxazole rings is 1. The summed E-state index contributed by atoms with van der Waals surface area (Å²) in [6.45, 7) is 5.02. The fourth-order valence-electron chi connectivity index (χ4n) is 4.67. The van der Waals surface area contributed by atoms with E-state index >= 15 is 0 Å². The van der Waals surface area contributed by atoms with Gasteiger partial charge in [0.1, 0.15) is 17.5 Å². The second kappa shape index (κ2) is 8.08. The molecule has 1 amide bonds. The van der Waals surface area contributed by atoms with Gasteiger partial charge in [0.15, 0.2) is 0 Å². The predicted molar refractivity (Wildman–Crippen MR) is 110 cm³/mol. The number of hydrogen-bond acceptors (Lipinski definition) is 4. The van der Waals surface area contributed by atoms with Crippen LogP contribution in [-0.2, 0) is 4.79 Å². The average Bonchev–Trinajstić information content (AvgIpc) is 3.41. The molecule has 1 aromatic carbocycles. The maximum atomic E-state index is 13.0. The van der Waals surface area contributed by atoms with Gasteiger partial charge in [0.05, 0.1) is 0 Å². The number of hydrogen-bond donors (Lipinski definition) is 1. The molecule has 2 aromatic rings. The average molecular weight is 382 g/mol. The second-order valence-electron chi connectivity index (χ2n) is 8.59. The standard InChI is InChI=1S/C23H31N3O2/c1-15(2)22-21(16-8-4-3-5-9-16)25-23(28-22)19-12-7-13-26(19)20(27)14-17-10-6-11-18(17)24/h3-5,8-9,15,17-19H,6-7,10-14,24H2,1-2H3/t17-,18+,19?/m0/s1. The van der Waals surface area contributed by atoms with Crippen molar-refractivity contribution < 1.29 is 9.21 Å². The van der Waals surface area contributed by atoms with Crippen LogP contribution in [0, 0.1) is 5.92 Å². The van der Waals surface area contributed by atoms with Crippen molar-refractivity contribution in [2.75, 3.05) is 6.54 Å². The number of likely N-dealkylation sites (tertiary alicyclic amines) is 1. The van der Waals surface area contributed by atoms with E-state index < -0.39 is 0 Å². The van der Waals surface area contributed by atoms with Gasteiger partial charge in [-0.2, -0.15) is 0 Å². The minimum Gasteiger partial charge on any atom is -0.442 e. The fraction of sp³-hybridized carbons (Fsp3) is 0.565. The minimum absolute atomic E-state index is 0.0555. The summed E-state index contributed by atoms with van der Waals surface area (Å²) in [4.78, 5) is 19.9. The van der Waals surface area contributed by atoms with Gasteiger partial charge in [-0.3, -0.25) is 4.79 Å². The fourth-order valence-corrected chi connectivity index (χ4v) is 4.67. The lowest BCUT2D eigenvalue weighted by Crippen LogP contribution is -2.35. The summed E-state index contributed by atoms with van der Waals surface area (Å²) < 4.78 is 6.26. The van der Waals surface area contributed by atoms with E-state index in [1.807, 2.05) is 23.1 Å². The van der Waals surface area contributed by atoms with Gasteiger partial charge in [-0.05, 0) is 31.6 Å². The molecule has 4 rings (SSSR count). The molecule has 1 aliphatic carbocycles. The first kappa shape index (κ1) is 19.2. The number of amides is 1. The number of benzene rings is 1. The Morgan fingerprint density at radius 1 is 1.21 bits per heavy atom. The summed E-state index contributed by atoms with van der Waals surface area (Å²) in [7, 11) is 0. The molecule has 1 unspecified atom stereocenters. The van der Waals surface area contributed by atoms with Crippen molar-refractivity contribution in [1.82, 2.24) is 9.88 Å². The van der Waals surface area contributed by atoms with E-state index in [0.29, 0.717) is 18.2 Å². The van der Waals surface area contributed by atoms with E-state index in [1.54, 1.807) is 0 Å². The highest BCUT2D eigenvalue weighted by molar-refractivity contribution is 5.77. The molecule has 150 valence electrons. The number of aromatic nitrogens is 1. The quantitative estimate of drug-likeness (QED) is 0.818. The first-order chi connectivity index (χ1) is 13.5. The molecule has 1 saturated carbocycles. The summed E-state index contributed by atoms with van der Waals surface area (Å²) >= 11 is 0. The van der Waals surface area contributed by atoms with Crippen LogP contribution in [0.4, 0.5) is 0 Å². The van der Waals surface area contributed by atoms with Crippen molar-refractivity contribution in [3.63, 3.8) is 0 Å². The molecule has 1 aromatic heterocycles. The second-order valence-corrected chi connectivity index (χ2v) is 8.59. The Balaban J connectivity index is 1.58. The zero-order chi connectivity index (χ0) is 19.7. The topological polar surface area (TPSA) is 72.4 Å². The summed E-state index contributed by atoms with van der Waals surface area (Å²) in [5.41, 5.74) is 8.16. The molecule has 5 heteroatoms. The molecule has 1 saturated heterocycles. The summed E-state index contributed by atoms with van der Waals surface area (Å²) in [6, 6.07) is 10.3. The van der Waals surface area contributed by atoms with Gasteiger partial charge >= 0.3 is 0 Å². The molecule has 28 heavy (non-hydrogen) atoms. The van der Waals surface area contributed by atoms with E-state index in [2.05, 4.69) is 26.0 Å². The lowest BCUT2D eigenvalue weighted by molar-refractivity contribution is -0.133. The number of rotatable bonds is 5. The Kier molecular flexibility index (Phi) is 5.54. The van der Waals surface area contributed by atoms with E-state index in [-0.39, 0.29) is 23.9 Å². The first-order valence-corrected chi connectivity index (χ1v) is 10.7. The number of nitrogens with two attached hydrogens (primary N) is 1. The summed E-state index contributed by atoms with van der Waals surface area (Å²) in [6.07, 6.45) is 5.71. The molecule has 1 aliphatic heterocycles. The van der Waals surface area contributed by atoms with E-state index in [0.717, 1.165) is 55.7 Å². The maximum Gasteiger partial charge on any atom is 0.223 e. The van der Waals surface area contributed by atoms with Gasteiger partial charge in [-0.25, -0.2) is 4.98 Å². The van der Waals surface area contributed by atoms with Crippen LogP contribution in [0.15, 0.2) is 34.7 Å². The number of nitrogens with zero attached hydrogens (tertiary/aromatic N) is 2. The molecule has 2 heterocycles. The van der Waals surface area contributed by atoms with Crippen LogP contribution in [0.1, 0.15) is 76.0 Å². The first-order valence-electron chi connectivity index (χ1n) is 10.7. The lowest BCUT2D eigenvalue weighted by Gasteiger charge is -2.25. The molecule has 0 radical (unpaired) electrons. The molecular formula is C23H31N3O2. The van der Waals surface area contributed by atoms with Crippen LogP contribution in [0.2, 0.25) is 0 Å². The van der Waals surface area contributed by atoms with Crippen LogP contribution in [0.25, 0.3) is 11.3 Å². The van der Waals surface area contributed by atoms with Crippen LogP contribution >= 0.6 is 0 Å². The molecule has 0 bridgehead atoms. The van der Waals surface area contributed by atoms with Crippen molar-refractivity contribution in [2.24, 2.45) is 11.7 Å². The zero-order valence-electron chi connectivity index (χ0n) is 16.9. The van der Waals surface area contributed by atoms with Crippen LogP contribution in [0.5, 0.6) is 0 Å². The summed E-state index contributed by atoms with van der Waals surface area (Å²) in [5, 5.41) is 0. The van der Waals surface area contributed by atoms with Gasteiger partial charge in [0.25, 0.3) is 0 Å². The third-order valence-corrected chi connectivity index (χ3v) is 6.25. The maximum absolute atomic E-state index is 13.0. The Morgan fingerprint density at radius 2 is 2.00 bits per heavy atom. The molecule has 5 nitrogen and oxygen atoms in total. The highest BCUT2D eigenvalue weighted by atomic mass is 16.4. The Morgan fingerprint density at radius 3 is 2.68 bits per heavy atom. The molecule has 3 atom stereocenters. The zero-order valence-corrected chi connectivity index (χ0v) is 16.9. The van der Waals surface area contributed by atoms with Crippen molar-refractivity contribution in [2.45, 2.75) is 70.4 Å². The third kappa shape index (κ3) is 3.72. The van der Waals surface area contributed by atoms with E-state index in [4.69, 9.17) is 15.1 Å². The van der Waals surface area contributed by atoms with Crippen LogP contribution in [0.3, 0.4) is 0 Å². The van der Waals surface area contributed by atoms with Gasteiger partial charge in [0.2, 0.25) is 11.8 Å². The van der Waals surface area contributed by atoms with Crippen molar-refractivity contribution in [3.8, 4) is 11.3 Å². The van der Waals surface area contributed by atoms with Crippen molar-refractivity contribution in [1.29, 1.82) is 0 Å². The largest absolute Gasteiger partial charge is 0.442 e. The van der Waals surface area contributed by atoms with E-state index in [1.165, 1.54) is 0 Å². The van der Waals surface area contributed by atoms with Gasteiger partial charge < -0.3 is 15.1 Å². The van der Waals surface area contributed by atoms with Gasteiger partial charge in [0, 0.05) is 30.5 Å². The highest BCUT2D eigenvalue weighted by Gasteiger charge is 2.36. The van der Waals surface area contributed by atoms with E-state index in [9.17, 15) is 4.79 Å². The van der Waals surface area contributed by atoms with Crippen LogP contribution < -0.4 is 5.73 Å². The van der Waals surface area contributed by atoms with Crippen molar-refractivity contribution in [3.05, 3.63) is 42.0 Å². The highest BCUT2D eigenvalue weighted by Crippen LogP contribution is 2.38. The third-order valence-electron chi connectivity index (χ3n) is 6.25. The van der Waals surface area contributed by atoms with Crippen molar-refractivity contribution >= 4 is 5.91 Å². The van der Waals surface area contributed by atoms with Gasteiger partial charge in [-0.15, -0.1) is 0 Å². The molecule has 2 aliphatic rings. The molecule has 2 fully saturated rings. The smallest absolute Gasteiger partial charge is 0.223 e. The molecule has 0 spiro atoms. The molecular weight excluding hydrogens is 350 g/mol. The minimum atomic E-state index is -0.0555. The number of carbonyl (C=O) groups is 1. The number of carbonyl (C=O) groups excluding carboxylic acids is 1. The SMILES string of the molecule is CC(C)c1oc(C2CCCN2C(=O)C[C@@H]2CCC[C@H]2N)nc1-c1ccccc1. The Labute approximate surface area is 167 Å². The predicted octanol–water partition coefficient (Wildman–Crippen LogP) is 4.65. The monoisotopic (exact) mass is 381 g/mol. The normalized spacial score (nSPS) is 25.0. The summed E-state index contributed by atoms with van der Waals surface area (Å²) in [5.74, 6) is 2.35. The Hall–Kier alpha value is -2.14. The van der Waals surface area contributed by atoms with Crippen LogP contribution in [-0.4, -0.2) is 28.4 Å².